The molecule has 0 atom stereocenters. The Bertz CT molecular complexity index is 655. The van der Waals surface area contributed by atoms with Crippen molar-refractivity contribution in [1.82, 2.24) is 0 Å². The lowest BCUT2D eigenvalue weighted by molar-refractivity contribution is 0.589. The molecule has 1 radical (unpaired) electrons. The average molecular weight is 392 g/mol. The predicted molar refractivity (Wildman–Crippen MR) is 129 cm³/mol. The van der Waals surface area contributed by atoms with E-state index in [-0.39, 0.29) is 0 Å². The molecule has 0 spiro atoms. The molecule has 2 aromatic carbocycles. The Morgan fingerprint density at radius 3 is 1.79 bits per heavy atom. The fourth-order valence-electron chi connectivity index (χ4n) is 4.29. The normalized spacial score (nSPS) is 11.1. The molecular weight excluding hydrogens is 348 g/mol. The van der Waals surface area contributed by atoms with Crippen molar-refractivity contribution in [2.45, 2.75) is 110 Å². The first-order chi connectivity index (χ1) is 14.4. The second-order valence-corrected chi connectivity index (χ2v) is 8.61. The summed E-state index contributed by atoms with van der Waals surface area (Å²) >= 11 is 0. The molecule has 0 aliphatic rings. The van der Waals surface area contributed by atoms with Crippen LogP contribution in [0.25, 0.3) is 11.1 Å². The maximum atomic E-state index is 3.56. The van der Waals surface area contributed by atoms with E-state index in [9.17, 15) is 0 Å². The highest BCUT2D eigenvalue weighted by molar-refractivity contribution is 5.70. The number of aryl methyl sites for hydroxylation is 2. The molecule has 0 N–H and O–H groups in total. The molecule has 0 saturated carbocycles. The molecule has 0 aliphatic carbocycles. The van der Waals surface area contributed by atoms with Crippen molar-refractivity contribution in [3.8, 4) is 11.1 Å². The van der Waals surface area contributed by atoms with Crippen LogP contribution >= 0.6 is 0 Å². The van der Waals surface area contributed by atoms with Gasteiger partial charge >= 0.3 is 0 Å². The first-order valence-electron chi connectivity index (χ1n) is 12.4. The van der Waals surface area contributed by atoms with Crippen LogP contribution in [0.1, 0.15) is 108 Å². The Morgan fingerprint density at radius 1 is 0.552 bits per heavy atom. The smallest absolute Gasteiger partial charge is 0.0143 e. The molecule has 0 unspecified atom stereocenters. The molecular formula is C29H43. The topological polar surface area (TPSA) is 0 Å². The van der Waals surface area contributed by atoms with Gasteiger partial charge in [-0.15, -0.1) is 0 Å². The van der Waals surface area contributed by atoms with Crippen molar-refractivity contribution < 1.29 is 0 Å². The Labute approximate surface area is 181 Å². The van der Waals surface area contributed by atoms with Gasteiger partial charge < -0.3 is 0 Å². The van der Waals surface area contributed by atoms with Crippen molar-refractivity contribution in [3.63, 3.8) is 0 Å². The summed E-state index contributed by atoms with van der Waals surface area (Å²) in [5, 5.41) is 0. The van der Waals surface area contributed by atoms with Crippen LogP contribution in [0, 0.1) is 6.07 Å². The van der Waals surface area contributed by atoms with E-state index in [1.54, 1.807) is 0 Å². The first-order valence-corrected chi connectivity index (χ1v) is 12.4. The maximum absolute atomic E-state index is 3.56. The van der Waals surface area contributed by atoms with Crippen LogP contribution in [0.5, 0.6) is 0 Å². The monoisotopic (exact) mass is 391 g/mol. The number of rotatable bonds is 16. The van der Waals surface area contributed by atoms with Crippen LogP contribution in [-0.4, -0.2) is 0 Å². The second-order valence-electron chi connectivity index (χ2n) is 8.61. The summed E-state index contributed by atoms with van der Waals surface area (Å²) in [6.07, 6.45) is 20.1. The summed E-state index contributed by atoms with van der Waals surface area (Å²) in [5.41, 5.74) is 5.79. The third kappa shape index (κ3) is 9.20. The Morgan fingerprint density at radius 2 is 1.10 bits per heavy atom. The molecule has 2 rings (SSSR count). The van der Waals surface area contributed by atoms with Crippen molar-refractivity contribution in [3.05, 3.63) is 59.7 Å². The lowest BCUT2D eigenvalue weighted by Crippen LogP contribution is -1.96. The molecule has 0 fully saturated rings. The van der Waals surface area contributed by atoms with Crippen molar-refractivity contribution >= 4 is 0 Å². The Hall–Kier alpha value is -1.56. The number of hydrogen-bond donors (Lipinski definition) is 0. The van der Waals surface area contributed by atoms with Gasteiger partial charge in [0.2, 0.25) is 0 Å². The van der Waals surface area contributed by atoms with E-state index < -0.39 is 0 Å². The van der Waals surface area contributed by atoms with E-state index >= 15 is 0 Å². The van der Waals surface area contributed by atoms with Gasteiger partial charge in [-0.25, -0.2) is 0 Å². The molecule has 29 heavy (non-hydrogen) atoms. The zero-order chi connectivity index (χ0) is 20.6. The van der Waals surface area contributed by atoms with Gasteiger partial charge in [0.15, 0.2) is 0 Å². The summed E-state index contributed by atoms with van der Waals surface area (Å²) in [4.78, 5) is 0. The molecule has 0 aliphatic heterocycles. The molecule has 0 aromatic heterocycles. The molecule has 0 heteroatoms. The third-order valence-corrected chi connectivity index (χ3v) is 6.08. The largest absolute Gasteiger partial charge is 0.0654 e. The van der Waals surface area contributed by atoms with E-state index in [1.165, 1.54) is 112 Å². The third-order valence-electron chi connectivity index (χ3n) is 6.08. The summed E-state index contributed by atoms with van der Waals surface area (Å²) in [6, 6.07) is 19.2. The molecule has 0 saturated heterocycles. The zero-order valence-corrected chi connectivity index (χ0v) is 19.1. The van der Waals surface area contributed by atoms with Crippen LogP contribution < -0.4 is 0 Å². The van der Waals surface area contributed by atoms with Crippen LogP contribution in [-0.2, 0) is 12.8 Å². The fraction of sp³-hybridized carbons (Fsp3) is 0.586. The zero-order valence-electron chi connectivity index (χ0n) is 19.1. The second kappa shape index (κ2) is 15.3. The highest BCUT2D eigenvalue weighted by Gasteiger charge is 2.09. The van der Waals surface area contributed by atoms with Gasteiger partial charge in [0.05, 0.1) is 0 Å². The lowest BCUT2D eigenvalue weighted by Gasteiger charge is -2.14. The van der Waals surface area contributed by atoms with Gasteiger partial charge in [-0.3, -0.25) is 0 Å². The highest BCUT2D eigenvalue weighted by Crippen LogP contribution is 2.29. The van der Waals surface area contributed by atoms with Gasteiger partial charge in [0.25, 0.3) is 0 Å². The first kappa shape index (κ1) is 23.7. The van der Waals surface area contributed by atoms with Gasteiger partial charge in [0.1, 0.15) is 0 Å². The van der Waals surface area contributed by atoms with Crippen molar-refractivity contribution in [1.29, 1.82) is 0 Å². The van der Waals surface area contributed by atoms with Gasteiger partial charge in [-0.1, -0.05) is 127 Å². The summed E-state index contributed by atoms with van der Waals surface area (Å²) in [5.74, 6) is 0. The Kier molecular flexibility index (Phi) is 12.5. The highest BCUT2D eigenvalue weighted by atomic mass is 14.1. The number of benzene rings is 2. The van der Waals surface area contributed by atoms with Crippen LogP contribution in [0.3, 0.4) is 0 Å². The summed E-state index contributed by atoms with van der Waals surface area (Å²) < 4.78 is 0. The minimum atomic E-state index is 1.16. The summed E-state index contributed by atoms with van der Waals surface area (Å²) in [6.45, 7) is 4.58. The van der Waals surface area contributed by atoms with E-state index in [1.807, 2.05) is 0 Å². The van der Waals surface area contributed by atoms with E-state index in [0.29, 0.717) is 0 Å². The molecule has 0 amide bonds. The minimum Gasteiger partial charge on any atom is -0.0654 e. The Balaban J connectivity index is 1.91. The van der Waals surface area contributed by atoms with Gasteiger partial charge in [0, 0.05) is 0 Å². The molecule has 2 aromatic rings. The van der Waals surface area contributed by atoms with Crippen LogP contribution in [0.2, 0.25) is 0 Å². The SMILES string of the molecule is CCCCCCCCCc1ccccc1-c1ccc[c]c1CCCCCCCC. The van der Waals surface area contributed by atoms with Crippen molar-refractivity contribution in [2.75, 3.05) is 0 Å². The van der Waals surface area contributed by atoms with E-state index in [4.69, 9.17) is 0 Å². The van der Waals surface area contributed by atoms with Crippen LogP contribution in [0.15, 0.2) is 42.5 Å². The van der Waals surface area contributed by atoms with Gasteiger partial charge in [-0.05, 0) is 54.0 Å². The summed E-state index contributed by atoms with van der Waals surface area (Å²) in [7, 11) is 0. The van der Waals surface area contributed by atoms with Crippen LogP contribution in [0.4, 0.5) is 0 Å². The van der Waals surface area contributed by atoms with E-state index in [2.05, 4.69) is 62.4 Å². The van der Waals surface area contributed by atoms with Gasteiger partial charge in [-0.2, -0.15) is 0 Å². The molecule has 159 valence electrons. The predicted octanol–water partition coefficient (Wildman–Crippen LogP) is 9.35. The number of unbranched alkanes of at least 4 members (excludes halogenated alkanes) is 11. The minimum absolute atomic E-state index is 1.16. The fourth-order valence-corrected chi connectivity index (χ4v) is 4.29. The standard InChI is InChI=1S/C29H43/c1-3-5-7-9-11-13-15-21-27-23-17-19-25-29(27)28-24-18-16-22-26(28)20-14-12-10-8-6-4-2/h16-19,23-25H,3-15,20-21H2,1-2H3. The maximum Gasteiger partial charge on any atom is -0.0143 e. The quantitative estimate of drug-likeness (QED) is 0.250. The molecule has 0 heterocycles. The molecule has 0 nitrogen and oxygen atoms in total. The van der Waals surface area contributed by atoms with Crippen molar-refractivity contribution in [2.24, 2.45) is 0 Å². The lowest BCUT2D eigenvalue weighted by atomic mass is 9.91. The van der Waals surface area contributed by atoms with E-state index in [0.717, 1.165) is 6.42 Å². The number of hydrogen-bond acceptors (Lipinski definition) is 0. The average Bonchev–Trinajstić information content (AvgIpc) is 2.76. The molecule has 0 bridgehead atoms.